The summed E-state index contributed by atoms with van der Waals surface area (Å²) in [6.07, 6.45) is 5.89. The van der Waals surface area contributed by atoms with Gasteiger partial charge in [-0.1, -0.05) is 26.0 Å². The van der Waals surface area contributed by atoms with E-state index in [1.807, 2.05) is 0 Å². The Balaban J connectivity index is 1.91. The van der Waals surface area contributed by atoms with Crippen molar-refractivity contribution >= 4 is 0 Å². The highest BCUT2D eigenvalue weighted by atomic mass is 15.5. The van der Waals surface area contributed by atoms with Gasteiger partial charge >= 0.3 is 0 Å². The zero-order chi connectivity index (χ0) is 12.1. The van der Waals surface area contributed by atoms with Gasteiger partial charge in [-0.3, -0.25) is 0 Å². The third-order valence-corrected chi connectivity index (χ3v) is 4.43. The fourth-order valence-electron chi connectivity index (χ4n) is 2.99. The lowest BCUT2D eigenvalue weighted by atomic mass is 9.80. The molecule has 2 bridgehead atoms. The van der Waals surface area contributed by atoms with Crippen molar-refractivity contribution in [1.82, 2.24) is 19.9 Å². The van der Waals surface area contributed by atoms with Gasteiger partial charge in [0.25, 0.3) is 0 Å². The van der Waals surface area contributed by atoms with Crippen LogP contribution < -0.4 is 0 Å². The molecule has 0 aromatic carbocycles. The first-order valence-corrected chi connectivity index (χ1v) is 6.65. The van der Waals surface area contributed by atoms with Crippen LogP contribution in [0.1, 0.15) is 45.7 Å². The van der Waals surface area contributed by atoms with Crippen LogP contribution in [-0.4, -0.2) is 39.5 Å². The Morgan fingerprint density at radius 3 is 2.18 bits per heavy atom. The second-order valence-electron chi connectivity index (χ2n) is 6.61. The minimum absolute atomic E-state index is 0.101. The molecule has 94 valence electrons. The molecule has 17 heavy (non-hydrogen) atoms. The van der Waals surface area contributed by atoms with Gasteiger partial charge in [-0.15, -0.1) is 5.10 Å². The van der Waals surface area contributed by atoms with Crippen LogP contribution in [0.15, 0.2) is 6.20 Å². The molecule has 1 aromatic rings. The Hall–Kier alpha value is -0.900. The van der Waals surface area contributed by atoms with Crippen molar-refractivity contribution in [2.75, 3.05) is 19.6 Å². The molecule has 4 heteroatoms. The maximum absolute atomic E-state index is 4.42. The van der Waals surface area contributed by atoms with Crippen molar-refractivity contribution in [2.45, 2.75) is 51.0 Å². The lowest BCUT2D eigenvalue weighted by Crippen LogP contribution is -2.53. The van der Waals surface area contributed by atoms with Crippen LogP contribution in [0.2, 0.25) is 0 Å². The van der Waals surface area contributed by atoms with E-state index < -0.39 is 0 Å². The van der Waals surface area contributed by atoms with E-state index in [1.165, 1.54) is 38.9 Å². The lowest BCUT2D eigenvalue weighted by molar-refractivity contribution is 0.0252. The van der Waals surface area contributed by atoms with Crippen LogP contribution in [0.25, 0.3) is 0 Å². The maximum Gasteiger partial charge on any atom is 0.0880 e. The van der Waals surface area contributed by atoms with Gasteiger partial charge in [0.1, 0.15) is 0 Å². The maximum atomic E-state index is 4.42. The molecular weight excluding hydrogens is 212 g/mol. The smallest absolute Gasteiger partial charge is 0.0880 e. The summed E-state index contributed by atoms with van der Waals surface area (Å²) >= 11 is 0. The van der Waals surface area contributed by atoms with E-state index in [0.717, 1.165) is 5.69 Å². The van der Waals surface area contributed by atoms with Crippen molar-refractivity contribution < 1.29 is 0 Å². The summed E-state index contributed by atoms with van der Waals surface area (Å²) in [6, 6.07) is 0. The molecule has 4 nitrogen and oxygen atoms in total. The molecule has 0 saturated carbocycles. The first-order valence-electron chi connectivity index (χ1n) is 6.65. The summed E-state index contributed by atoms with van der Waals surface area (Å²) in [5, 5.41) is 8.79. The topological polar surface area (TPSA) is 34.0 Å². The van der Waals surface area contributed by atoms with Gasteiger partial charge in [0.15, 0.2) is 0 Å². The first kappa shape index (κ1) is 11.2. The van der Waals surface area contributed by atoms with E-state index >= 15 is 0 Å². The molecule has 4 rings (SSSR count). The van der Waals surface area contributed by atoms with Crippen molar-refractivity contribution in [3.05, 3.63) is 11.9 Å². The highest BCUT2D eigenvalue weighted by Gasteiger charge is 2.42. The summed E-state index contributed by atoms with van der Waals surface area (Å²) in [5.41, 5.74) is 1.48. The second kappa shape index (κ2) is 3.55. The molecule has 3 saturated heterocycles. The predicted octanol–water partition coefficient (Wildman–Crippen LogP) is 1.77. The van der Waals surface area contributed by atoms with Crippen molar-refractivity contribution in [1.29, 1.82) is 0 Å². The molecule has 0 spiro atoms. The Labute approximate surface area is 103 Å². The summed E-state index contributed by atoms with van der Waals surface area (Å²) in [5.74, 6) is 0. The lowest BCUT2D eigenvalue weighted by Gasteiger charge is -2.48. The minimum atomic E-state index is 0.101. The Bertz CT molecular complexity index is 394. The molecule has 4 heterocycles. The molecule has 1 aromatic heterocycles. The fourth-order valence-corrected chi connectivity index (χ4v) is 2.99. The monoisotopic (exact) mass is 234 g/mol. The molecule has 3 aliphatic rings. The van der Waals surface area contributed by atoms with Crippen LogP contribution in [0.4, 0.5) is 0 Å². The van der Waals surface area contributed by atoms with Crippen LogP contribution >= 0.6 is 0 Å². The molecule has 3 fully saturated rings. The highest BCUT2D eigenvalue weighted by molar-refractivity contribution is 5.09. The third kappa shape index (κ3) is 1.79. The highest BCUT2D eigenvalue weighted by Crippen LogP contribution is 2.38. The fraction of sp³-hybridized carbons (Fsp3) is 0.846. The number of hydrogen-bond acceptors (Lipinski definition) is 3. The van der Waals surface area contributed by atoms with Gasteiger partial charge in [-0.25, -0.2) is 4.68 Å². The number of fused-ring (bicyclic) bond motifs is 3. The zero-order valence-corrected chi connectivity index (χ0v) is 11.1. The van der Waals surface area contributed by atoms with Crippen LogP contribution in [0.3, 0.4) is 0 Å². The SMILES string of the molecule is CC(C)(C)c1cn(C23CCN(CC2)CC3)nn1. The molecule has 0 amide bonds. The van der Waals surface area contributed by atoms with E-state index in [0.29, 0.717) is 0 Å². The summed E-state index contributed by atoms with van der Waals surface area (Å²) in [7, 11) is 0. The van der Waals surface area contributed by atoms with Crippen LogP contribution in [-0.2, 0) is 11.0 Å². The Morgan fingerprint density at radius 2 is 1.71 bits per heavy atom. The molecule has 0 radical (unpaired) electrons. The molecule has 0 unspecified atom stereocenters. The van der Waals surface area contributed by atoms with Crippen molar-refractivity contribution in [3.63, 3.8) is 0 Å². The molecular formula is C13H22N4. The Morgan fingerprint density at radius 1 is 1.12 bits per heavy atom. The summed E-state index contributed by atoms with van der Waals surface area (Å²) in [4.78, 5) is 2.56. The zero-order valence-electron chi connectivity index (χ0n) is 11.1. The van der Waals surface area contributed by atoms with Crippen LogP contribution in [0, 0.1) is 0 Å². The van der Waals surface area contributed by atoms with Crippen molar-refractivity contribution in [2.24, 2.45) is 0 Å². The van der Waals surface area contributed by atoms with E-state index in [2.05, 4.69) is 46.9 Å². The van der Waals surface area contributed by atoms with Crippen LogP contribution in [0.5, 0.6) is 0 Å². The number of aromatic nitrogens is 3. The van der Waals surface area contributed by atoms with Gasteiger partial charge in [-0.2, -0.15) is 0 Å². The van der Waals surface area contributed by atoms with E-state index in [-0.39, 0.29) is 11.0 Å². The minimum Gasteiger partial charge on any atom is -0.303 e. The Kier molecular flexibility index (Phi) is 2.34. The van der Waals surface area contributed by atoms with Gasteiger partial charge in [-0.05, 0) is 19.3 Å². The third-order valence-electron chi connectivity index (χ3n) is 4.43. The first-order chi connectivity index (χ1) is 8.00. The molecule has 0 N–H and O–H groups in total. The number of hydrogen-bond donors (Lipinski definition) is 0. The average molecular weight is 234 g/mol. The summed E-state index contributed by atoms with van der Waals surface area (Å²) < 4.78 is 2.17. The standard InChI is InChI=1S/C13H22N4/c1-12(2,3)11-10-17(15-14-11)13-4-7-16(8-5-13)9-6-13/h10H,4-9H2,1-3H3. The van der Waals surface area contributed by atoms with Crippen molar-refractivity contribution in [3.8, 4) is 0 Å². The van der Waals surface area contributed by atoms with Gasteiger partial charge in [0.2, 0.25) is 0 Å². The molecule has 0 aliphatic carbocycles. The second-order valence-corrected chi connectivity index (χ2v) is 6.61. The molecule has 3 aliphatic heterocycles. The average Bonchev–Trinajstić information content (AvgIpc) is 2.81. The largest absolute Gasteiger partial charge is 0.303 e. The normalized spacial score (nSPS) is 33.0. The van der Waals surface area contributed by atoms with Gasteiger partial charge < -0.3 is 4.90 Å². The van der Waals surface area contributed by atoms with E-state index in [9.17, 15) is 0 Å². The predicted molar refractivity (Wildman–Crippen MR) is 67.0 cm³/mol. The van der Waals surface area contributed by atoms with E-state index in [4.69, 9.17) is 0 Å². The quantitative estimate of drug-likeness (QED) is 0.742. The summed E-state index contributed by atoms with van der Waals surface area (Å²) in [6.45, 7) is 10.3. The number of rotatable bonds is 1. The van der Waals surface area contributed by atoms with Gasteiger partial charge in [0.05, 0.1) is 11.2 Å². The number of piperidine rings is 3. The number of nitrogens with zero attached hydrogens (tertiary/aromatic N) is 4. The van der Waals surface area contributed by atoms with Gasteiger partial charge in [0, 0.05) is 31.2 Å². The molecule has 0 atom stereocenters. The van der Waals surface area contributed by atoms with E-state index in [1.54, 1.807) is 0 Å².